The van der Waals surface area contributed by atoms with Gasteiger partial charge in [-0.3, -0.25) is 9.89 Å². The van der Waals surface area contributed by atoms with E-state index in [1.54, 1.807) is 0 Å². The van der Waals surface area contributed by atoms with Crippen molar-refractivity contribution < 1.29 is 4.79 Å². The van der Waals surface area contributed by atoms with Crippen LogP contribution in [0, 0.1) is 5.92 Å². The largest absolute Gasteiger partial charge is 0.383 e. The highest BCUT2D eigenvalue weighted by atomic mass is 16.2. The highest BCUT2D eigenvalue weighted by molar-refractivity contribution is 5.98. The van der Waals surface area contributed by atoms with Crippen LogP contribution in [0.4, 0.5) is 5.82 Å². The first-order valence-corrected chi connectivity index (χ1v) is 6.37. The zero-order valence-electron chi connectivity index (χ0n) is 9.85. The lowest BCUT2D eigenvalue weighted by Gasteiger charge is -2.31. The van der Waals surface area contributed by atoms with Crippen LogP contribution < -0.4 is 5.73 Å². The zero-order chi connectivity index (χ0) is 11.8. The van der Waals surface area contributed by atoms with Crippen molar-refractivity contribution >= 4 is 11.7 Å². The first kappa shape index (κ1) is 10.6. The Kier molecular flexibility index (Phi) is 2.53. The molecular weight excluding hydrogens is 216 g/mol. The van der Waals surface area contributed by atoms with Gasteiger partial charge in [-0.25, -0.2) is 0 Å². The molecule has 2 aliphatic rings. The molecule has 92 valence electrons. The molecule has 1 amide bonds. The third-order valence-electron chi connectivity index (χ3n) is 4.17. The summed E-state index contributed by atoms with van der Waals surface area (Å²) in [6, 6.07) is 0.436. The smallest absolute Gasteiger partial charge is 0.259 e. The van der Waals surface area contributed by atoms with E-state index in [-0.39, 0.29) is 5.91 Å². The maximum Gasteiger partial charge on any atom is 0.259 e. The van der Waals surface area contributed by atoms with Gasteiger partial charge in [-0.1, -0.05) is 12.8 Å². The van der Waals surface area contributed by atoms with E-state index in [1.165, 1.54) is 25.5 Å². The van der Waals surface area contributed by atoms with Crippen molar-refractivity contribution in [1.29, 1.82) is 0 Å². The molecule has 0 aromatic carbocycles. The number of fused-ring (bicyclic) bond motifs is 1. The molecule has 0 spiro atoms. The van der Waals surface area contributed by atoms with Crippen LogP contribution in [-0.4, -0.2) is 33.6 Å². The summed E-state index contributed by atoms with van der Waals surface area (Å²) >= 11 is 0. The summed E-state index contributed by atoms with van der Waals surface area (Å²) in [5, 5.41) is 6.45. The number of hydrogen-bond donors (Lipinski definition) is 2. The van der Waals surface area contributed by atoms with Crippen LogP contribution in [0.1, 0.15) is 42.5 Å². The third-order valence-corrected chi connectivity index (χ3v) is 4.17. The minimum Gasteiger partial charge on any atom is -0.383 e. The molecule has 1 aliphatic carbocycles. The molecule has 2 unspecified atom stereocenters. The van der Waals surface area contributed by atoms with Crippen molar-refractivity contribution in [3.63, 3.8) is 0 Å². The lowest BCUT2D eigenvalue weighted by molar-refractivity contribution is 0.0691. The second-order valence-electron chi connectivity index (χ2n) is 5.10. The molecule has 2 atom stereocenters. The quantitative estimate of drug-likeness (QED) is 0.771. The number of amides is 1. The molecule has 3 N–H and O–H groups in total. The number of carbonyl (C=O) groups is 1. The van der Waals surface area contributed by atoms with E-state index in [2.05, 4.69) is 10.2 Å². The van der Waals surface area contributed by atoms with E-state index >= 15 is 0 Å². The first-order chi connectivity index (χ1) is 8.27. The number of nitrogens with two attached hydrogens (primary N) is 1. The Bertz CT molecular complexity index is 428. The normalized spacial score (nSPS) is 28.1. The van der Waals surface area contributed by atoms with Gasteiger partial charge in [-0.05, 0) is 25.2 Å². The van der Waals surface area contributed by atoms with Crippen LogP contribution in [0.3, 0.4) is 0 Å². The molecule has 17 heavy (non-hydrogen) atoms. The Hall–Kier alpha value is -1.52. The van der Waals surface area contributed by atoms with Crippen molar-refractivity contribution in [3.05, 3.63) is 11.8 Å². The number of rotatable bonds is 1. The molecule has 1 aromatic heterocycles. The number of aromatic nitrogens is 2. The van der Waals surface area contributed by atoms with Gasteiger partial charge in [-0.2, -0.15) is 5.10 Å². The summed E-state index contributed by atoms with van der Waals surface area (Å²) in [6.45, 7) is 0.874. The molecule has 5 heteroatoms. The average Bonchev–Trinajstić information content (AvgIpc) is 2.94. The summed E-state index contributed by atoms with van der Waals surface area (Å²) < 4.78 is 0. The van der Waals surface area contributed by atoms with Crippen LogP contribution in [0.2, 0.25) is 0 Å². The van der Waals surface area contributed by atoms with Gasteiger partial charge in [0.2, 0.25) is 0 Å². The third kappa shape index (κ3) is 1.69. The van der Waals surface area contributed by atoms with Crippen molar-refractivity contribution in [1.82, 2.24) is 15.1 Å². The molecule has 1 aliphatic heterocycles. The molecule has 1 aromatic rings. The second-order valence-corrected chi connectivity index (χ2v) is 5.10. The Labute approximate surface area is 100 Å². The lowest BCUT2D eigenvalue weighted by Crippen LogP contribution is -2.39. The Morgan fingerprint density at radius 1 is 1.41 bits per heavy atom. The number of carbonyl (C=O) groups excluding carboxylic acids is 1. The predicted octanol–water partition coefficient (Wildman–Crippen LogP) is 1.40. The highest BCUT2D eigenvalue weighted by Gasteiger charge is 2.38. The fourth-order valence-electron chi connectivity index (χ4n) is 3.28. The Morgan fingerprint density at radius 3 is 3.00 bits per heavy atom. The lowest BCUT2D eigenvalue weighted by atomic mass is 9.85. The summed E-state index contributed by atoms with van der Waals surface area (Å²) in [6.07, 6.45) is 7.66. The Morgan fingerprint density at radius 2 is 2.24 bits per heavy atom. The van der Waals surface area contributed by atoms with E-state index in [1.807, 2.05) is 4.90 Å². The molecular formula is C12H18N4O. The van der Waals surface area contributed by atoms with E-state index < -0.39 is 0 Å². The highest BCUT2D eigenvalue weighted by Crippen LogP contribution is 2.37. The zero-order valence-corrected chi connectivity index (χ0v) is 9.85. The van der Waals surface area contributed by atoms with Gasteiger partial charge in [0.05, 0.1) is 6.20 Å². The van der Waals surface area contributed by atoms with Gasteiger partial charge >= 0.3 is 0 Å². The van der Waals surface area contributed by atoms with Crippen molar-refractivity contribution in [2.75, 3.05) is 12.3 Å². The SMILES string of the molecule is Nc1[nH]ncc1C(=O)N1CCC2CCCCC21. The fraction of sp³-hybridized carbons (Fsp3) is 0.667. The molecule has 2 fully saturated rings. The first-order valence-electron chi connectivity index (χ1n) is 6.37. The molecule has 3 rings (SSSR count). The van der Waals surface area contributed by atoms with Gasteiger partial charge < -0.3 is 10.6 Å². The number of aromatic amines is 1. The van der Waals surface area contributed by atoms with Crippen LogP contribution >= 0.6 is 0 Å². The van der Waals surface area contributed by atoms with Crippen molar-refractivity contribution in [2.24, 2.45) is 5.92 Å². The maximum atomic E-state index is 12.4. The summed E-state index contributed by atoms with van der Waals surface area (Å²) in [5.41, 5.74) is 6.24. The minimum absolute atomic E-state index is 0.0469. The Balaban J connectivity index is 1.81. The predicted molar refractivity (Wildman–Crippen MR) is 64.4 cm³/mol. The average molecular weight is 234 g/mol. The molecule has 5 nitrogen and oxygen atoms in total. The molecule has 1 saturated heterocycles. The van der Waals surface area contributed by atoms with E-state index in [9.17, 15) is 4.79 Å². The van der Waals surface area contributed by atoms with E-state index in [0.717, 1.165) is 19.4 Å². The van der Waals surface area contributed by atoms with E-state index in [4.69, 9.17) is 5.73 Å². The van der Waals surface area contributed by atoms with Gasteiger partial charge in [0.1, 0.15) is 11.4 Å². The number of anilines is 1. The van der Waals surface area contributed by atoms with Crippen LogP contribution in [0.5, 0.6) is 0 Å². The van der Waals surface area contributed by atoms with Crippen LogP contribution in [0.15, 0.2) is 6.20 Å². The van der Waals surface area contributed by atoms with Gasteiger partial charge in [0.15, 0.2) is 0 Å². The fourth-order valence-corrected chi connectivity index (χ4v) is 3.28. The summed E-state index contributed by atoms with van der Waals surface area (Å²) in [7, 11) is 0. The van der Waals surface area contributed by atoms with Crippen molar-refractivity contribution in [3.8, 4) is 0 Å². The van der Waals surface area contributed by atoms with Crippen LogP contribution in [0.25, 0.3) is 0 Å². The van der Waals surface area contributed by atoms with Gasteiger partial charge in [0.25, 0.3) is 5.91 Å². The molecule has 2 heterocycles. The minimum atomic E-state index is 0.0469. The van der Waals surface area contributed by atoms with Crippen LogP contribution in [-0.2, 0) is 0 Å². The van der Waals surface area contributed by atoms with E-state index in [0.29, 0.717) is 23.3 Å². The molecule has 1 saturated carbocycles. The monoisotopic (exact) mass is 234 g/mol. The second kappa shape index (κ2) is 4.05. The van der Waals surface area contributed by atoms with Gasteiger partial charge in [0, 0.05) is 12.6 Å². The topological polar surface area (TPSA) is 75.0 Å². The summed E-state index contributed by atoms with van der Waals surface area (Å²) in [4.78, 5) is 14.4. The molecule has 0 radical (unpaired) electrons. The maximum absolute atomic E-state index is 12.4. The standard InChI is InChI=1S/C12H18N4O/c13-11-9(7-14-15-11)12(17)16-6-5-8-3-1-2-4-10(8)16/h7-8,10H,1-6H2,(H3,13,14,15). The van der Waals surface area contributed by atoms with Gasteiger partial charge in [-0.15, -0.1) is 0 Å². The number of nitrogen functional groups attached to an aromatic ring is 1. The number of hydrogen-bond acceptors (Lipinski definition) is 3. The summed E-state index contributed by atoms with van der Waals surface area (Å²) in [5.74, 6) is 1.14. The number of nitrogens with zero attached hydrogens (tertiary/aromatic N) is 2. The van der Waals surface area contributed by atoms with Crippen molar-refractivity contribution in [2.45, 2.75) is 38.1 Å². The number of H-pyrrole nitrogens is 1. The molecule has 0 bridgehead atoms. The number of likely N-dealkylation sites (tertiary alicyclic amines) is 1. The number of nitrogens with one attached hydrogen (secondary N) is 1.